The van der Waals surface area contributed by atoms with Crippen LogP contribution >= 0.6 is 0 Å². The Morgan fingerprint density at radius 2 is 2.10 bits per heavy atom. The van der Waals surface area contributed by atoms with Gasteiger partial charge in [0.1, 0.15) is 11.3 Å². The molecule has 0 unspecified atom stereocenters. The van der Waals surface area contributed by atoms with Crippen molar-refractivity contribution in [3.8, 4) is 11.8 Å². The lowest BCUT2D eigenvalue weighted by Gasteiger charge is -2.29. The lowest BCUT2D eigenvalue weighted by molar-refractivity contribution is -0.120. The summed E-state index contributed by atoms with van der Waals surface area (Å²) >= 11 is 0. The highest BCUT2D eigenvalue weighted by Crippen LogP contribution is 2.39. The highest BCUT2D eigenvalue weighted by Gasteiger charge is 2.30. The molecule has 1 saturated carbocycles. The van der Waals surface area contributed by atoms with Crippen LogP contribution in [0.4, 0.5) is 5.95 Å². The fraction of sp³-hybridized carbons (Fsp3) is 0.348. The predicted molar refractivity (Wildman–Crippen MR) is 113 cm³/mol. The minimum absolute atomic E-state index is 0.106. The monoisotopic (exact) mass is 404 g/mol. The van der Waals surface area contributed by atoms with Crippen molar-refractivity contribution in [2.45, 2.75) is 44.2 Å². The molecule has 2 aromatic carbocycles. The smallest absolute Gasteiger partial charge is 0.229 e. The molecule has 1 amide bonds. The van der Waals surface area contributed by atoms with Gasteiger partial charge in [0.25, 0.3) is 0 Å². The van der Waals surface area contributed by atoms with Crippen molar-refractivity contribution in [1.29, 1.82) is 5.26 Å². The molecular weight excluding hydrogens is 380 g/mol. The molecule has 1 aromatic heterocycles. The zero-order valence-corrected chi connectivity index (χ0v) is 17.1. The zero-order chi connectivity index (χ0) is 21.3. The summed E-state index contributed by atoms with van der Waals surface area (Å²) in [6, 6.07) is 14.9. The first kappa shape index (κ1) is 19.9. The van der Waals surface area contributed by atoms with Crippen LogP contribution in [0.2, 0.25) is 0 Å². The number of nitrogens with zero attached hydrogens (tertiary/aromatic N) is 3. The number of fused-ring (bicyclic) bond motifs is 1. The Balaban J connectivity index is 1.68. The van der Waals surface area contributed by atoms with Gasteiger partial charge in [0.2, 0.25) is 11.9 Å². The fourth-order valence-electron chi connectivity index (χ4n) is 3.87. The Labute approximate surface area is 174 Å². The number of imidazole rings is 1. The molecule has 4 rings (SSSR count). The van der Waals surface area contributed by atoms with Crippen molar-refractivity contribution < 1.29 is 14.6 Å². The Kier molecular flexibility index (Phi) is 5.18. The number of hydrogen-bond acceptors (Lipinski definition) is 5. The van der Waals surface area contributed by atoms with Gasteiger partial charge in [-0.15, -0.1) is 0 Å². The first-order chi connectivity index (χ1) is 14.4. The predicted octanol–water partition coefficient (Wildman–Crippen LogP) is 3.88. The highest BCUT2D eigenvalue weighted by atomic mass is 16.5. The second-order valence-electron chi connectivity index (χ2n) is 7.91. The number of rotatable bonds is 6. The first-order valence-corrected chi connectivity index (χ1v) is 10.0. The maximum Gasteiger partial charge on any atom is 0.229 e. The number of benzene rings is 2. The van der Waals surface area contributed by atoms with Crippen molar-refractivity contribution in [3.05, 3.63) is 53.6 Å². The molecule has 2 N–H and O–H groups in total. The molecule has 154 valence electrons. The van der Waals surface area contributed by atoms with Crippen LogP contribution in [-0.4, -0.2) is 27.7 Å². The number of ether oxygens (including phenoxy) is 1. The zero-order valence-electron chi connectivity index (χ0n) is 17.1. The van der Waals surface area contributed by atoms with Crippen LogP contribution in [0.3, 0.4) is 0 Å². The Bertz CT molecular complexity index is 1120. The minimum Gasteiger partial charge on any atom is -0.494 e. The molecule has 30 heavy (non-hydrogen) atoms. The molecule has 1 heterocycles. The Morgan fingerprint density at radius 1 is 1.37 bits per heavy atom. The molecule has 0 aliphatic heterocycles. The van der Waals surface area contributed by atoms with E-state index in [0.717, 1.165) is 24.8 Å². The molecule has 0 radical (unpaired) electrons. The average molecular weight is 404 g/mol. The number of aliphatic hydroxyl groups is 1. The van der Waals surface area contributed by atoms with Crippen LogP contribution in [0.1, 0.15) is 49.8 Å². The molecule has 1 atom stereocenters. The van der Waals surface area contributed by atoms with Crippen LogP contribution in [0.25, 0.3) is 11.0 Å². The van der Waals surface area contributed by atoms with E-state index < -0.39 is 5.60 Å². The lowest BCUT2D eigenvalue weighted by atomic mass is 9.92. The van der Waals surface area contributed by atoms with Gasteiger partial charge in [0.15, 0.2) is 0 Å². The van der Waals surface area contributed by atoms with Gasteiger partial charge in [-0.1, -0.05) is 30.3 Å². The third-order valence-electron chi connectivity index (χ3n) is 5.70. The number of aromatic nitrogens is 2. The summed E-state index contributed by atoms with van der Waals surface area (Å²) in [6.45, 7) is 1.62. The van der Waals surface area contributed by atoms with Gasteiger partial charge in [0.05, 0.1) is 36.3 Å². The summed E-state index contributed by atoms with van der Waals surface area (Å²) < 4.78 is 7.42. The lowest BCUT2D eigenvalue weighted by Crippen LogP contribution is -2.30. The maximum atomic E-state index is 12.8. The summed E-state index contributed by atoms with van der Waals surface area (Å²) in [7, 11) is 1.54. The van der Waals surface area contributed by atoms with E-state index in [0.29, 0.717) is 28.3 Å². The second-order valence-corrected chi connectivity index (χ2v) is 7.91. The largest absolute Gasteiger partial charge is 0.494 e. The van der Waals surface area contributed by atoms with E-state index in [9.17, 15) is 15.2 Å². The number of hydrogen-bond donors (Lipinski definition) is 2. The summed E-state index contributed by atoms with van der Waals surface area (Å²) in [5, 5.41) is 23.1. The van der Waals surface area contributed by atoms with Crippen molar-refractivity contribution in [2.75, 3.05) is 12.4 Å². The molecule has 3 aromatic rings. The van der Waals surface area contributed by atoms with Crippen LogP contribution < -0.4 is 10.1 Å². The Morgan fingerprint density at radius 3 is 2.70 bits per heavy atom. The molecule has 0 saturated heterocycles. The van der Waals surface area contributed by atoms with Crippen LogP contribution in [0.5, 0.6) is 5.75 Å². The SMILES string of the molecule is COc1cc(C#N)cc2c1nc(NC(=O)C[C@](C)(O)c1ccccc1)n2C1CCC1. The third-order valence-corrected chi connectivity index (χ3v) is 5.70. The second kappa shape index (κ2) is 7.81. The molecule has 0 spiro atoms. The molecule has 7 nitrogen and oxygen atoms in total. The van der Waals surface area contributed by atoms with Crippen molar-refractivity contribution >= 4 is 22.9 Å². The van der Waals surface area contributed by atoms with E-state index in [1.165, 1.54) is 7.11 Å². The van der Waals surface area contributed by atoms with E-state index in [1.807, 2.05) is 22.8 Å². The van der Waals surface area contributed by atoms with E-state index in [2.05, 4.69) is 16.4 Å². The van der Waals surface area contributed by atoms with Crippen LogP contribution in [-0.2, 0) is 10.4 Å². The normalized spacial score (nSPS) is 15.8. The van der Waals surface area contributed by atoms with Gasteiger partial charge in [-0.25, -0.2) is 4.98 Å². The summed E-state index contributed by atoms with van der Waals surface area (Å²) in [5.74, 6) is 0.574. The summed E-state index contributed by atoms with van der Waals surface area (Å²) in [4.78, 5) is 17.4. The van der Waals surface area contributed by atoms with E-state index >= 15 is 0 Å². The number of carbonyl (C=O) groups is 1. The third kappa shape index (κ3) is 3.62. The number of nitriles is 1. The molecule has 1 fully saturated rings. The number of anilines is 1. The van der Waals surface area contributed by atoms with Gasteiger partial charge in [-0.3, -0.25) is 10.1 Å². The average Bonchev–Trinajstić information content (AvgIpc) is 3.03. The van der Waals surface area contributed by atoms with Gasteiger partial charge < -0.3 is 14.4 Å². The number of methoxy groups -OCH3 is 1. The standard InChI is InChI=1S/C23H24N4O3/c1-23(29,16-7-4-3-5-8-16)13-20(28)25-22-26-21-18(27(22)17-9-6-10-17)11-15(14-24)12-19(21)30-2/h3-5,7-8,11-12,17,29H,6,9-10,13H2,1-2H3,(H,25,26,28)/t23-/m0/s1. The van der Waals surface area contributed by atoms with Gasteiger partial charge >= 0.3 is 0 Å². The quantitative estimate of drug-likeness (QED) is 0.649. The first-order valence-electron chi connectivity index (χ1n) is 10.0. The van der Waals surface area contributed by atoms with Crippen molar-refractivity contribution in [3.63, 3.8) is 0 Å². The molecule has 0 bridgehead atoms. The molecule has 7 heteroatoms. The molecular formula is C23H24N4O3. The van der Waals surface area contributed by atoms with Crippen LogP contribution in [0.15, 0.2) is 42.5 Å². The molecule has 1 aliphatic carbocycles. The minimum atomic E-state index is -1.30. The van der Waals surface area contributed by atoms with Crippen molar-refractivity contribution in [1.82, 2.24) is 9.55 Å². The van der Waals surface area contributed by atoms with Gasteiger partial charge in [-0.2, -0.15) is 5.26 Å². The van der Waals surface area contributed by atoms with Gasteiger partial charge in [-0.05, 0) is 37.8 Å². The van der Waals surface area contributed by atoms with Crippen molar-refractivity contribution in [2.24, 2.45) is 0 Å². The number of amides is 1. The van der Waals surface area contributed by atoms with E-state index in [1.54, 1.807) is 31.2 Å². The van der Waals surface area contributed by atoms with E-state index in [-0.39, 0.29) is 18.4 Å². The number of nitrogens with one attached hydrogen (secondary N) is 1. The maximum absolute atomic E-state index is 12.8. The topological polar surface area (TPSA) is 100 Å². The van der Waals surface area contributed by atoms with E-state index in [4.69, 9.17) is 4.74 Å². The summed E-state index contributed by atoms with van der Waals surface area (Å²) in [5.41, 5.74) is 1.22. The van der Waals surface area contributed by atoms with Crippen LogP contribution in [0, 0.1) is 11.3 Å². The fourth-order valence-corrected chi connectivity index (χ4v) is 3.87. The molecule has 1 aliphatic rings. The van der Waals surface area contributed by atoms with Gasteiger partial charge in [0, 0.05) is 12.1 Å². The number of carbonyl (C=O) groups excluding carboxylic acids is 1. The highest BCUT2D eigenvalue weighted by molar-refractivity contribution is 5.94. The Hall–Kier alpha value is -3.37. The summed E-state index contributed by atoms with van der Waals surface area (Å²) in [6.07, 6.45) is 2.96.